The van der Waals surface area contributed by atoms with Gasteiger partial charge < -0.3 is 10.1 Å². The molecule has 0 aliphatic carbocycles. The first-order chi connectivity index (χ1) is 16.8. The van der Waals surface area contributed by atoms with Crippen LogP contribution in [0.1, 0.15) is 33.5 Å². The molecule has 0 saturated carbocycles. The minimum Gasteiger partial charge on any atom is -0.465 e. The van der Waals surface area contributed by atoms with Crippen LogP contribution in [0.2, 0.25) is 0 Å². The highest BCUT2D eigenvalue weighted by atomic mass is 32.2. The van der Waals surface area contributed by atoms with Crippen molar-refractivity contribution in [3.05, 3.63) is 76.8 Å². The number of nitrogens with zero attached hydrogens (tertiary/aromatic N) is 2. The smallest absolute Gasteiger partial charge is 0.319 e. The van der Waals surface area contributed by atoms with Crippen molar-refractivity contribution in [2.45, 2.75) is 50.8 Å². The lowest BCUT2D eigenvalue weighted by molar-refractivity contribution is -0.143. The van der Waals surface area contributed by atoms with Crippen LogP contribution >= 0.6 is 11.8 Å². The predicted molar refractivity (Wildman–Crippen MR) is 139 cm³/mol. The van der Waals surface area contributed by atoms with Gasteiger partial charge in [-0.3, -0.25) is 19.0 Å². The summed E-state index contributed by atoms with van der Waals surface area (Å²) in [5, 5.41) is 2.53. The maximum atomic E-state index is 12.8. The summed E-state index contributed by atoms with van der Waals surface area (Å²) in [6.45, 7) is 7.89. The van der Waals surface area contributed by atoms with Gasteiger partial charge in [-0.15, -0.1) is 11.8 Å². The fraction of sp³-hybridized carbons (Fsp3) is 0.333. The topological polar surface area (TPSA) is 90.3 Å². The molecule has 2 aromatic carbocycles. The highest BCUT2D eigenvalue weighted by Crippen LogP contribution is 2.30. The maximum Gasteiger partial charge on any atom is 0.319 e. The van der Waals surface area contributed by atoms with Crippen LogP contribution in [0.4, 0.5) is 5.69 Å². The first-order valence-electron chi connectivity index (χ1n) is 11.7. The summed E-state index contributed by atoms with van der Waals surface area (Å²) in [7, 11) is 0. The van der Waals surface area contributed by atoms with Crippen molar-refractivity contribution < 1.29 is 14.3 Å². The number of aryl methyl sites for hydroxylation is 1. The van der Waals surface area contributed by atoms with Crippen LogP contribution in [0.15, 0.2) is 70.4 Å². The van der Waals surface area contributed by atoms with E-state index in [-0.39, 0.29) is 35.1 Å². The molecule has 0 unspecified atom stereocenters. The van der Waals surface area contributed by atoms with Crippen molar-refractivity contribution in [1.29, 1.82) is 0 Å². The van der Waals surface area contributed by atoms with Gasteiger partial charge in [-0.2, -0.15) is 0 Å². The lowest BCUT2D eigenvalue weighted by atomic mass is 10.1. The first-order valence-corrected chi connectivity index (χ1v) is 12.6. The Kier molecular flexibility index (Phi) is 9.25. The Morgan fingerprint density at radius 2 is 1.74 bits per heavy atom. The fourth-order valence-corrected chi connectivity index (χ4v) is 4.56. The Bertz CT molecular complexity index is 1210. The van der Waals surface area contributed by atoms with Crippen molar-refractivity contribution >= 4 is 29.3 Å². The Labute approximate surface area is 209 Å². The highest BCUT2D eigenvalue weighted by Gasteiger charge is 2.24. The molecular formula is C27H31N3O4S. The van der Waals surface area contributed by atoms with E-state index in [1.165, 1.54) is 22.4 Å². The molecule has 1 amide bonds. The molecule has 35 heavy (non-hydrogen) atoms. The second kappa shape index (κ2) is 12.4. The van der Waals surface area contributed by atoms with Gasteiger partial charge in [0.15, 0.2) is 0 Å². The number of hydrogen-bond donors (Lipinski definition) is 1. The number of benzene rings is 2. The fourth-order valence-electron chi connectivity index (χ4n) is 3.54. The molecule has 184 valence electrons. The molecule has 0 spiro atoms. The molecule has 3 aromatic rings. The van der Waals surface area contributed by atoms with Crippen LogP contribution in [0.25, 0.3) is 11.3 Å². The zero-order valence-electron chi connectivity index (χ0n) is 20.5. The molecule has 0 fully saturated rings. The van der Waals surface area contributed by atoms with Gasteiger partial charge in [0.05, 0.1) is 12.3 Å². The summed E-state index contributed by atoms with van der Waals surface area (Å²) in [4.78, 5) is 43.2. The average Bonchev–Trinajstić information content (AvgIpc) is 2.85. The summed E-state index contributed by atoms with van der Waals surface area (Å²) < 4.78 is 6.58. The molecule has 1 heterocycles. The van der Waals surface area contributed by atoms with E-state index in [4.69, 9.17) is 4.74 Å². The van der Waals surface area contributed by atoms with E-state index in [0.29, 0.717) is 30.2 Å². The second-order valence-electron chi connectivity index (χ2n) is 8.31. The van der Waals surface area contributed by atoms with Crippen LogP contribution in [0.5, 0.6) is 0 Å². The Hall–Kier alpha value is -3.39. The number of esters is 1. The van der Waals surface area contributed by atoms with Crippen molar-refractivity contribution in [3.8, 4) is 11.3 Å². The molecule has 0 radical (unpaired) electrons. The third-order valence-corrected chi connectivity index (χ3v) is 6.84. The Morgan fingerprint density at radius 1 is 1.06 bits per heavy atom. The van der Waals surface area contributed by atoms with E-state index >= 15 is 0 Å². The van der Waals surface area contributed by atoms with Gasteiger partial charge in [-0.05, 0) is 37.1 Å². The van der Waals surface area contributed by atoms with Gasteiger partial charge in [0.25, 0.3) is 5.56 Å². The monoisotopic (exact) mass is 493 g/mol. The van der Waals surface area contributed by atoms with Gasteiger partial charge in [0, 0.05) is 28.6 Å². The van der Waals surface area contributed by atoms with Crippen molar-refractivity contribution in [2.24, 2.45) is 5.92 Å². The first kappa shape index (κ1) is 26.2. The van der Waals surface area contributed by atoms with Crippen LogP contribution in [-0.2, 0) is 27.3 Å². The van der Waals surface area contributed by atoms with E-state index in [9.17, 15) is 14.4 Å². The Morgan fingerprint density at radius 3 is 2.34 bits per heavy atom. The summed E-state index contributed by atoms with van der Waals surface area (Å²) in [6.07, 6.45) is 0.520. The van der Waals surface area contributed by atoms with E-state index in [1.807, 2.05) is 63.2 Å². The molecule has 7 nitrogen and oxygen atoms in total. The molecule has 0 saturated heterocycles. The zero-order valence-corrected chi connectivity index (χ0v) is 21.3. The van der Waals surface area contributed by atoms with Crippen LogP contribution in [0.3, 0.4) is 0 Å². The lowest BCUT2D eigenvalue weighted by Crippen LogP contribution is -2.30. The van der Waals surface area contributed by atoms with Gasteiger partial charge >= 0.3 is 5.97 Å². The molecule has 0 aliphatic rings. The number of carbonyl (C=O) groups excluding carboxylic acids is 2. The molecule has 0 aliphatic heterocycles. The molecular weight excluding hydrogens is 462 g/mol. The molecule has 3 rings (SSSR count). The summed E-state index contributed by atoms with van der Waals surface area (Å²) in [6, 6.07) is 18.2. The number of hydrogen-bond acceptors (Lipinski definition) is 6. The highest BCUT2D eigenvalue weighted by molar-refractivity contribution is 8.00. The normalized spacial score (nSPS) is 11.8. The number of carbonyl (C=O) groups is 2. The van der Waals surface area contributed by atoms with Gasteiger partial charge in [-0.1, -0.05) is 51.1 Å². The lowest BCUT2D eigenvalue weighted by Gasteiger charge is -2.18. The van der Waals surface area contributed by atoms with Gasteiger partial charge in [0.1, 0.15) is 17.6 Å². The number of nitrogens with one attached hydrogen (secondary N) is 1. The second-order valence-corrected chi connectivity index (χ2v) is 9.52. The standard InChI is InChI=1S/C27H31N3O4S/c1-5-23-29-22(19-10-8-7-9-11-19)16-25(32)30(23)17-24(31)28-20-12-14-21(15-13-20)35-26(18(3)4)27(33)34-6-2/h7-16,18,26H,5-6,17H2,1-4H3,(H,28,31)/t26-/m0/s1. The maximum absolute atomic E-state index is 12.8. The third kappa shape index (κ3) is 7.05. The largest absolute Gasteiger partial charge is 0.465 e. The molecule has 1 aromatic heterocycles. The van der Waals surface area contributed by atoms with Gasteiger partial charge in [0.2, 0.25) is 5.91 Å². The van der Waals surface area contributed by atoms with Crippen molar-refractivity contribution in [1.82, 2.24) is 9.55 Å². The van der Waals surface area contributed by atoms with Crippen molar-refractivity contribution in [2.75, 3.05) is 11.9 Å². The third-order valence-electron chi connectivity index (χ3n) is 5.30. The minimum atomic E-state index is -0.317. The summed E-state index contributed by atoms with van der Waals surface area (Å²) >= 11 is 1.44. The number of thioether (sulfide) groups is 1. The predicted octanol–water partition coefficient (Wildman–Crippen LogP) is 4.79. The number of amides is 1. The number of anilines is 1. The van der Waals surface area contributed by atoms with E-state index in [1.54, 1.807) is 19.1 Å². The van der Waals surface area contributed by atoms with Crippen molar-refractivity contribution in [3.63, 3.8) is 0 Å². The average molecular weight is 494 g/mol. The molecule has 0 bridgehead atoms. The number of ether oxygens (including phenoxy) is 1. The Balaban J connectivity index is 1.68. The molecule has 1 N–H and O–H groups in total. The van der Waals surface area contributed by atoms with Crippen LogP contribution in [0, 0.1) is 5.92 Å². The quantitative estimate of drug-likeness (QED) is 0.323. The minimum absolute atomic E-state index is 0.117. The van der Waals surface area contributed by atoms with E-state index < -0.39 is 0 Å². The molecule has 8 heteroatoms. The summed E-state index contributed by atoms with van der Waals surface area (Å²) in [5.41, 5.74) is 1.80. The summed E-state index contributed by atoms with van der Waals surface area (Å²) in [5.74, 6) is 0.125. The number of aromatic nitrogens is 2. The van der Waals surface area contributed by atoms with Crippen LogP contribution < -0.4 is 10.9 Å². The van der Waals surface area contributed by atoms with Gasteiger partial charge in [-0.25, -0.2) is 4.98 Å². The SMILES string of the molecule is CCOC(=O)[C@@H](Sc1ccc(NC(=O)Cn2c(CC)nc(-c3ccccc3)cc2=O)cc1)C(C)C. The molecule has 1 atom stereocenters. The van der Waals surface area contributed by atoms with E-state index in [0.717, 1.165) is 10.5 Å². The van der Waals surface area contributed by atoms with Crippen LogP contribution in [-0.4, -0.2) is 33.3 Å². The van der Waals surface area contributed by atoms with E-state index in [2.05, 4.69) is 10.3 Å². The number of rotatable bonds is 10. The zero-order chi connectivity index (χ0) is 25.4.